The van der Waals surface area contributed by atoms with Crippen molar-refractivity contribution in [3.63, 3.8) is 0 Å². The largest absolute Gasteiger partial charge is 0.478 e. The van der Waals surface area contributed by atoms with E-state index in [2.05, 4.69) is 49.3 Å². The quantitative estimate of drug-likeness (QED) is 0.550. The fraction of sp³-hybridized carbons (Fsp3) is 0.0588. The van der Waals surface area contributed by atoms with Crippen LogP contribution in [0.3, 0.4) is 0 Å². The summed E-state index contributed by atoms with van der Waals surface area (Å²) in [5.41, 5.74) is 5.11. The molecule has 0 radical (unpaired) electrons. The van der Waals surface area contributed by atoms with Crippen LogP contribution in [0.25, 0.3) is 11.1 Å². The first-order valence-corrected chi connectivity index (χ1v) is 8.47. The van der Waals surface area contributed by atoms with Gasteiger partial charge in [0.25, 0.3) is 0 Å². The maximum Gasteiger partial charge on any atom is 0.328 e. The smallest absolute Gasteiger partial charge is 0.328 e. The lowest BCUT2D eigenvalue weighted by Gasteiger charge is -2.10. The number of hydrogen-bond acceptors (Lipinski definition) is 2. The fourth-order valence-electron chi connectivity index (χ4n) is 2.58. The molecule has 2 N–H and O–H groups in total. The van der Waals surface area contributed by atoms with Gasteiger partial charge < -0.3 is 10.4 Å². The van der Waals surface area contributed by atoms with Gasteiger partial charge in [-0.15, -0.1) is 0 Å². The molecule has 1 aliphatic rings. The lowest BCUT2D eigenvalue weighted by molar-refractivity contribution is -0.131. The molecular weight excluding hydrogens is 426 g/mol. The van der Waals surface area contributed by atoms with Crippen LogP contribution in [0, 0.1) is 0 Å². The van der Waals surface area contributed by atoms with E-state index in [1.165, 1.54) is 5.56 Å². The van der Waals surface area contributed by atoms with E-state index in [-0.39, 0.29) is 4.83 Å². The number of carbonyl (C=O) groups is 2. The van der Waals surface area contributed by atoms with Crippen molar-refractivity contribution in [2.75, 3.05) is 5.32 Å². The maximum atomic E-state index is 11.8. The van der Waals surface area contributed by atoms with Gasteiger partial charge in [0.2, 0.25) is 5.91 Å². The molecule has 0 bridgehead atoms. The number of hydrogen-bond donors (Lipinski definition) is 2. The number of alkyl halides is 1. The normalized spacial score (nSPS) is 15.3. The SMILES string of the molecule is O=C(O)/C=C/C(=O)Nc1cc2c(cc1Br)-c1ccccc1C2Br. The van der Waals surface area contributed by atoms with Crippen LogP contribution in [0.5, 0.6) is 0 Å². The molecule has 0 aromatic heterocycles. The van der Waals surface area contributed by atoms with Crippen LogP contribution in [-0.4, -0.2) is 17.0 Å². The summed E-state index contributed by atoms with van der Waals surface area (Å²) in [6.07, 6.45) is 1.79. The summed E-state index contributed by atoms with van der Waals surface area (Å²) in [6, 6.07) is 12.0. The zero-order chi connectivity index (χ0) is 16.6. The average molecular weight is 437 g/mol. The van der Waals surface area contributed by atoms with Crippen LogP contribution < -0.4 is 5.32 Å². The van der Waals surface area contributed by atoms with Crippen molar-refractivity contribution in [2.24, 2.45) is 0 Å². The van der Waals surface area contributed by atoms with E-state index < -0.39 is 11.9 Å². The van der Waals surface area contributed by atoms with Crippen molar-refractivity contribution in [3.8, 4) is 11.1 Å². The second-order valence-corrected chi connectivity index (χ2v) is 6.80. The molecule has 0 fully saturated rings. The standard InChI is InChI=1S/C17H11Br2NO3/c18-13-7-11-9-3-1-2-4-10(9)17(19)12(11)8-14(13)20-15(21)5-6-16(22)23/h1-8,17H,(H,20,21)(H,22,23)/b6-5+. The van der Waals surface area contributed by atoms with E-state index in [1.54, 1.807) is 0 Å². The first-order chi connectivity index (χ1) is 11.0. The Morgan fingerprint density at radius 3 is 2.57 bits per heavy atom. The Morgan fingerprint density at radius 2 is 1.83 bits per heavy atom. The third kappa shape index (κ3) is 3.09. The van der Waals surface area contributed by atoms with Gasteiger partial charge in [-0.1, -0.05) is 40.2 Å². The van der Waals surface area contributed by atoms with Crippen LogP contribution >= 0.6 is 31.9 Å². The molecule has 116 valence electrons. The molecule has 0 saturated carbocycles. The molecule has 6 heteroatoms. The monoisotopic (exact) mass is 435 g/mol. The van der Waals surface area contributed by atoms with Gasteiger partial charge in [0, 0.05) is 16.6 Å². The number of carboxylic acid groups (broad SMARTS) is 1. The lowest BCUT2D eigenvalue weighted by atomic mass is 10.1. The minimum Gasteiger partial charge on any atom is -0.478 e. The number of carbonyl (C=O) groups excluding carboxylic acids is 1. The van der Waals surface area contributed by atoms with Crippen LogP contribution in [0.4, 0.5) is 5.69 Å². The van der Waals surface area contributed by atoms with Crippen molar-refractivity contribution in [3.05, 3.63) is 64.1 Å². The van der Waals surface area contributed by atoms with Crippen molar-refractivity contribution in [1.82, 2.24) is 0 Å². The first-order valence-electron chi connectivity index (χ1n) is 6.76. The highest BCUT2D eigenvalue weighted by Gasteiger charge is 2.27. The molecule has 0 heterocycles. The minimum atomic E-state index is -1.16. The summed E-state index contributed by atoms with van der Waals surface area (Å²) < 4.78 is 0.740. The van der Waals surface area contributed by atoms with Gasteiger partial charge in [-0.3, -0.25) is 4.79 Å². The first kappa shape index (κ1) is 16.0. The number of fused-ring (bicyclic) bond motifs is 3. The molecule has 3 rings (SSSR count). The average Bonchev–Trinajstić information content (AvgIpc) is 2.79. The van der Waals surface area contributed by atoms with Gasteiger partial charge >= 0.3 is 5.97 Å². The van der Waals surface area contributed by atoms with Crippen molar-refractivity contribution >= 4 is 49.4 Å². The molecule has 23 heavy (non-hydrogen) atoms. The zero-order valence-electron chi connectivity index (χ0n) is 11.7. The Kier molecular flexibility index (Phi) is 4.37. The Labute approximate surface area is 149 Å². The van der Waals surface area contributed by atoms with Gasteiger partial charge in [-0.05, 0) is 50.3 Å². The number of rotatable bonds is 3. The number of nitrogens with one attached hydrogen (secondary N) is 1. The number of carboxylic acids is 1. The van der Waals surface area contributed by atoms with E-state index in [0.717, 1.165) is 33.3 Å². The summed E-state index contributed by atoms with van der Waals surface area (Å²) in [6.45, 7) is 0. The molecular formula is C17H11Br2NO3. The van der Waals surface area contributed by atoms with Crippen LogP contribution in [0.15, 0.2) is 53.0 Å². The fourth-order valence-corrected chi connectivity index (χ4v) is 3.80. The third-order valence-electron chi connectivity index (χ3n) is 3.57. The van der Waals surface area contributed by atoms with Gasteiger partial charge in [0.05, 0.1) is 10.5 Å². The minimum absolute atomic E-state index is 0.0620. The second-order valence-electron chi connectivity index (χ2n) is 5.03. The molecule has 4 nitrogen and oxygen atoms in total. The van der Waals surface area contributed by atoms with Crippen molar-refractivity contribution < 1.29 is 14.7 Å². The number of aliphatic carboxylic acids is 1. The molecule has 2 aromatic rings. The molecule has 0 saturated heterocycles. The molecule has 1 aliphatic carbocycles. The summed E-state index contributed by atoms with van der Waals surface area (Å²) in [4.78, 5) is 22.3. The third-order valence-corrected chi connectivity index (χ3v) is 5.21. The second kappa shape index (κ2) is 6.29. The number of benzene rings is 2. The van der Waals surface area contributed by atoms with Crippen molar-refractivity contribution in [2.45, 2.75) is 4.83 Å². The number of halogens is 2. The molecule has 0 aliphatic heterocycles. The van der Waals surface area contributed by atoms with E-state index in [9.17, 15) is 9.59 Å². The van der Waals surface area contributed by atoms with Gasteiger partial charge in [-0.2, -0.15) is 0 Å². The Hall–Kier alpha value is -1.92. The predicted molar refractivity (Wildman–Crippen MR) is 95.8 cm³/mol. The Balaban J connectivity index is 1.95. The Morgan fingerprint density at radius 1 is 1.09 bits per heavy atom. The predicted octanol–water partition coefficient (Wildman–Crippen LogP) is 4.49. The lowest BCUT2D eigenvalue weighted by Crippen LogP contribution is -2.09. The van der Waals surface area contributed by atoms with Gasteiger partial charge in [-0.25, -0.2) is 4.79 Å². The van der Waals surface area contributed by atoms with Crippen molar-refractivity contribution in [1.29, 1.82) is 0 Å². The molecule has 1 amide bonds. The molecule has 0 spiro atoms. The number of amides is 1. The van der Waals surface area contributed by atoms with Crippen LogP contribution in [-0.2, 0) is 9.59 Å². The number of anilines is 1. The summed E-state index contributed by atoms with van der Waals surface area (Å²) in [7, 11) is 0. The molecule has 1 unspecified atom stereocenters. The highest BCUT2D eigenvalue weighted by atomic mass is 79.9. The van der Waals surface area contributed by atoms with Crippen LogP contribution in [0.2, 0.25) is 0 Å². The topological polar surface area (TPSA) is 66.4 Å². The highest BCUT2D eigenvalue weighted by Crippen LogP contribution is 2.50. The van der Waals surface area contributed by atoms with E-state index in [0.29, 0.717) is 5.69 Å². The molecule has 2 aromatic carbocycles. The summed E-state index contributed by atoms with van der Waals surface area (Å²) in [5, 5.41) is 11.2. The van der Waals surface area contributed by atoms with Crippen LogP contribution in [0.1, 0.15) is 16.0 Å². The zero-order valence-corrected chi connectivity index (χ0v) is 14.9. The summed E-state index contributed by atoms with van der Waals surface area (Å²) >= 11 is 7.15. The van der Waals surface area contributed by atoms with E-state index in [1.807, 2.05) is 24.3 Å². The van der Waals surface area contributed by atoms with E-state index >= 15 is 0 Å². The maximum absolute atomic E-state index is 11.8. The van der Waals surface area contributed by atoms with E-state index in [4.69, 9.17) is 5.11 Å². The van der Waals surface area contributed by atoms with Gasteiger partial charge in [0.1, 0.15) is 0 Å². The highest BCUT2D eigenvalue weighted by molar-refractivity contribution is 9.10. The van der Waals surface area contributed by atoms with Gasteiger partial charge in [0.15, 0.2) is 0 Å². The Bertz CT molecular complexity index is 846. The summed E-state index contributed by atoms with van der Waals surface area (Å²) in [5.74, 6) is -1.65. The molecule has 1 atom stereocenters.